The third-order valence-corrected chi connectivity index (χ3v) is 5.64. The van der Waals surface area contributed by atoms with Crippen molar-refractivity contribution >= 4 is 27.3 Å². The molecule has 0 spiro atoms. The van der Waals surface area contributed by atoms with E-state index in [1.54, 1.807) is 6.92 Å². The lowest BCUT2D eigenvalue weighted by Crippen LogP contribution is -2.25. The average molecular weight is 309 g/mol. The Balaban J connectivity index is 3.64. The van der Waals surface area contributed by atoms with Crippen LogP contribution in [-0.4, -0.2) is 50.7 Å². The summed E-state index contributed by atoms with van der Waals surface area (Å²) in [5.74, 6) is 0.230. The van der Waals surface area contributed by atoms with Crippen LogP contribution >= 0.6 is 11.8 Å². The molecule has 0 aliphatic carbocycles. The SMILES string of the molecule is CCCOC(OCCC)[SiH2]CCCSC(C)C(=O)O. The zero-order valence-corrected chi connectivity index (χ0v) is 14.6. The largest absolute Gasteiger partial charge is 0.480 e. The molecule has 0 bridgehead atoms. The van der Waals surface area contributed by atoms with E-state index >= 15 is 0 Å². The second-order valence-corrected chi connectivity index (χ2v) is 7.92. The van der Waals surface area contributed by atoms with Gasteiger partial charge in [0.25, 0.3) is 0 Å². The highest BCUT2D eigenvalue weighted by Gasteiger charge is 2.12. The van der Waals surface area contributed by atoms with Crippen LogP contribution in [0, 0.1) is 0 Å². The van der Waals surface area contributed by atoms with Gasteiger partial charge < -0.3 is 14.6 Å². The molecular weight excluding hydrogens is 280 g/mol. The molecule has 1 N–H and O–H groups in total. The molecule has 114 valence electrons. The van der Waals surface area contributed by atoms with Crippen LogP contribution in [0.4, 0.5) is 0 Å². The Morgan fingerprint density at radius 1 is 1.26 bits per heavy atom. The van der Waals surface area contributed by atoms with Gasteiger partial charge in [-0.3, -0.25) is 4.79 Å². The standard InChI is InChI=1S/C13H28O4SSi/c1-4-7-16-13(17-8-5-2)19-10-6-9-18-11(3)12(14)15/h11,13H,4-10,19H2,1-3H3,(H,14,15). The average Bonchev–Trinajstić information content (AvgIpc) is 2.40. The number of rotatable bonds is 13. The lowest BCUT2D eigenvalue weighted by Gasteiger charge is -2.17. The summed E-state index contributed by atoms with van der Waals surface area (Å²) < 4.78 is 11.4. The van der Waals surface area contributed by atoms with Crippen LogP contribution in [0.3, 0.4) is 0 Å². The lowest BCUT2D eigenvalue weighted by molar-refractivity contribution is -0.136. The summed E-state index contributed by atoms with van der Waals surface area (Å²) in [6.07, 6.45) is 3.11. The summed E-state index contributed by atoms with van der Waals surface area (Å²) >= 11 is 1.51. The van der Waals surface area contributed by atoms with Crippen molar-refractivity contribution in [3.05, 3.63) is 0 Å². The van der Waals surface area contributed by atoms with E-state index in [0.717, 1.165) is 44.3 Å². The van der Waals surface area contributed by atoms with E-state index in [1.807, 2.05) is 0 Å². The highest BCUT2D eigenvalue weighted by Crippen LogP contribution is 2.13. The molecule has 0 saturated carbocycles. The van der Waals surface area contributed by atoms with E-state index in [1.165, 1.54) is 11.8 Å². The van der Waals surface area contributed by atoms with E-state index in [2.05, 4.69) is 13.8 Å². The second kappa shape index (κ2) is 13.0. The maximum Gasteiger partial charge on any atom is 0.316 e. The number of carbonyl (C=O) groups is 1. The van der Waals surface area contributed by atoms with Crippen molar-refractivity contribution in [2.24, 2.45) is 0 Å². The van der Waals surface area contributed by atoms with Crippen molar-refractivity contribution in [3.8, 4) is 0 Å². The predicted molar refractivity (Wildman–Crippen MR) is 83.8 cm³/mol. The van der Waals surface area contributed by atoms with Crippen LogP contribution in [-0.2, 0) is 14.3 Å². The molecule has 0 saturated heterocycles. The maximum atomic E-state index is 10.7. The Bertz CT molecular complexity index is 221. The predicted octanol–water partition coefficient (Wildman–Crippen LogP) is 2.31. The van der Waals surface area contributed by atoms with Crippen LogP contribution in [0.2, 0.25) is 6.04 Å². The van der Waals surface area contributed by atoms with Gasteiger partial charge in [0, 0.05) is 13.2 Å². The zero-order valence-electron chi connectivity index (χ0n) is 12.4. The molecule has 0 aromatic carbocycles. The summed E-state index contributed by atoms with van der Waals surface area (Å²) in [6.45, 7) is 7.48. The molecular formula is C13H28O4SSi. The molecule has 0 amide bonds. The highest BCUT2D eigenvalue weighted by atomic mass is 32.2. The first-order valence-corrected chi connectivity index (χ1v) is 10.1. The van der Waals surface area contributed by atoms with Crippen LogP contribution < -0.4 is 0 Å². The molecule has 1 unspecified atom stereocenters. The molecule has 1 atom stereocenters. The number of thioether (sulfide) groups is 1. The first-order valence-electron chi connectivity index (χ1n) is 7.19. The molecule has 0 aromatic heterocycles. The minimum atomic E-state index is -0.724. The maximum absolute atomic E-state index is 10.7. The molecule has 0 radical (unpaired) electrons. The second-order valence-electron chi connectivity index (χ2n) is 4.52. The minimum absolute atomic E-state index is 0.0433. The number of carboxylic acid groups (broad SMARTS) is 1. The monoisotopic (exact) mass is 308 g/mol. The molecule has 0 aromatic rings. The van der Waals surface area contributed by atoms with E-state index in [-0.39, 0.29) is 20.7 Å². The van der Waals surface area contributed by atoms with Crippen LogP contribution in [0.15, 0.2) is 0 Å². The molecule has 0 rings (SSSR count). The van der Waals surface area contributed by atoms with Crippen molar-refractivity contribution in [2.75, 3.05) is 19.0 Å². The summed E-state index contributed by atoms with van der Waals surface area (Å²) in [5, 5.41) is 8.47. The summed E-state index contributed by atoms with van der Waals surface area (Å²) in [5.41, 5.74) is 0. The molecule has 6 heteroatoms. The van der Waals surface area contributed by atoms with Crippen LogP contribution in [0.5, 0.6) is 0 Å². The van der Waals surface area contributed by atoms with Gasteiger partial charge in [-0.2, -0.15) is 0 Å². The fourth-order valence-corrected chi connectivity index (χ4v) is 4.23. The van der Waals surface area contributed by atoms with Crippen molar-refractivity contribution in [2.45, 2.75) is 57.2 Å². The topological polar surface area (TPSA) is 55.8 Å². The van der Waals surface area contributed by atoms with Gasteiger partial charge >= 0.3 is 5.97 Å². The summed E-state index contributed by atoms with van der Waals surface area (Å²) in [4.78, 5) is 10.7. The Hall–Kier alpha value is -0.0431. The van der Waals surface area contributed by atoms with E-state index < -0.39 is 5.97 Å². The van der Waals surface area contributed by atoms with Crippen molar-refractivity contribution in [1.29, 1.82) is 0 Å². The van der Waals surface area contributed by atoms with Gasteiger partial charge in [0.2, 0.25) is 0 Å². The van der Waals surface area contributed by atoms with Crippen molar-refractivity contribution in [3.63, 3.8) is 0 Å². The zero-order chi connectivity index (χ0) is 14.5. The lowest BCUT2D eigenvalue weighted by atomic mass is 10.5. The minimum Gasteiger partial charge on any atom is -0.480 e. The third kappa shape index (κ3) is 11.5. The Morgan fingerprint density at radius 2 is 1.84 bits per heavy atom. The molecule has 0 aliphatic heterocycles. The Morgan fingerprint density at radius 3 is 2.32 bits per heavy atom. The van der Waals surface area contributed by atoms with Crippen LogP contribution in [0.1, 0.15) is 40.0 Å². The summed E-state index contributed by atoms with van der Waals surface area (Å²) in [6, 6.07) is 1.15. The van der Waals surface area contributed by atoms with E-state index in [9.17, 15) is 4.79 Å². The first kappa shape index (κ1) is 19.0. The third-order valence-electron chi connectivity index (χ3n) is 2.57. The molecule has 4 nitrogen and oxygen atoms in total. The van der Waals surface area contributed by atoms with E-state index in [0.29, 0.717) is 0 Å². The van der Waals surface area contributed by atoms with Crippen molar-refractivity contribution < 1.29 is 19.4 Å². The number of hydrogen-bond donors (Lipinski definition) is 1. The fraction of sp³-hybridized carbons (Fsp3) is 0.923. The van der Waals surface area contributed by atoms with Gasteiger partial charge in [0.1, 0.15) is 5.91 Å². The summed E-state index contributed by atoms with van der Waals surface area (Å²) in [7, 11) is -0.385. The van der Waals surface area contributed by atoms with E-state index in [4.69, 9.17) is 14.6 Å². The van der Waals surface area contributed by atoms with Gasteiger partial charge in [-0.1, -0.05) is 19.9 Å². The quantitative estimate of drug-likeness (QED) is 0.321. The Labute approximate surface area is 123 Å². The van der Waals surface area contributed by atoms with Gasteiger partial charge in [0.05, 0.1) is 14.8 Å². The first-order chi connectivity index (χ1) is 9.11. The Kier molecular flexibility index (Phi) is 12.9. The normalized spacial score (nSPS) is 13.5. The number of carboxylic acids is 1. The smallest absolute Gasteiger partial charge is 0.316 e. The molecule has 0 fully saturated rings. The molecule has 0 heterocycles. The molecule has 0 aliphatic rings. The number of aliphatic carboxylic acids is 1. The van der Waals surface area contributed by atoms with Gasteiger partial charge in [-0.05, 0) is 31.9 Å². The van der Waals surface area contributed by atoms with Crippen LogP contribution in [0.25, 0.3) is 0 Å². The van der Waals surface area contributed by atoms with Crippen molar-refractivity contribution in [1.82, 2.24) is 0 Å². The number of ether oxygens (including phenoxy) is 2. The van der Waals surface area contributed by atoms with Gasteiger partial charge in [-0.25, -0.2) is 0 Å². The van der Waals surface area contributed by atoms with Gasteiger partial charge in [-0.15, -0.1) is 11.8 Å². The molecule has 19 heavy (non-hydrogen) atoms. The van der Waals surface area contributed by atoms with Gasteiger partial charge in [0.15, 0.2) is 0 Å². The fourth-order valence-electron chi connectivity index (χ4n) is 1.46. The highest BCUT2D eigenvalue weighted by molar-refractivity contribution is 8.00. The number of hydrogen-bond acceptors (Lipinski definition) is 4.